The normalized spacial score (nSPS) is 19.8. The summed E-state index contributed by atoms with van der Waals surface area (Å²) in [5.74, 6) is 0.865. The number of nitrogens with zero attached hydrogens (tertiary/aromatic N) is 3. The summed E-state index contributed by atoms with van der Waals surface area (Å²) in [6.07, 6.45) is 7.06. The Morgan fingerprint density at radius 1 is 1.42 bits per heavy atom. The van der Waals surface area contributed by atoms with Gasteiger partial charge >= 0.3 is 0 Å². The molecule has 1 saturated heterocycles. The quantitative estimate of drug-likeness (QED) is 0.853. The van der Waals surface area contributed by atoms with Gasteiger partial charge < -0.3 is 5.32 Å². The molecular weight excluding hydrogens is 236 g/mol. The number of piperidine rings is 1. The van der Waals surface area contributed by atoms with Crippen LogP contribution in [0.1, 0.15) is 44.1 Å². The van der Waals surface area contributed by atoms with Gasteiger partial charge in [-0.3, -0.25) is 4.90 Å². The Hall–Kier alpha value is -1.00. The van der Waals surface area contributed by atoms with Gasteiger partial charge in [-0.25, -0.2) is 9.97 Å². The first-order valence-corrected chi connectivity index (χ1v) is 7.52. The lowest BCUT2D eigenvalue weighted by atomic mass is 10.0. The summed E-state index contributed by atoms with van der Waals surface area (Å²) < 4.78 is 0. The summed E-state index contributed by atoms with van der Waals surface area (Å²) in [4.78, 5) is 11.2. The topological polar surface area (TPSA) is 41.1 Å². The van der Waals surface area contributed by atoms with Crippen LogP contribution in [0.5, 0.6) is 0 Å². The molecule has 19 heavy (non-hydrogen) atoms. The number of hydrogen-bond acceptors (Lipinski definition) is 4. The molecule has 106 valence electrons. The maximum atomic E-state index is 4.52. The first-order chi connectivity index (χ1) is 9.28. The maximum Gasteiger partial charge on any atom is 0.125 e. The van der Waals surface area contributed by atoms with E-state index in [1.807, 2.05) is 19.2 Å². The van der Waals surface area contributed by atoms with Crippen molar-refractivity contribution in [1.29, 1.82) is 0 Å². The van der Waals surface area contributed by atoms with Gasteiger partial charge in [-0.05, 0) is 45.3 Å². The molecular formula is C15H26N4. The van der Waals surface area contributed by atoms with Crippen LogP contribution in [0.3, 0.4) is 0 Å². The van der Waals surface area contributed by atoms with Crippen LogP contribution < -0.4 is 5.32 Å². The third kappa shape index (κ3) is 4.88. The molecule has 0 amide bonds. The second-order valence-electron chi connectivity index (χ2n) is 5.48. The van der Waals surface area contributed by atoms with Gasteiger partial charge in [0.05, 0.1) is 5.69 Å². The molecule has 1 unspecified atom stereocenters. The van der Waals surface area contributed by atoms with E-state index in [0.29, 0.717) is 6.04 Å². The van der Waals surface area contributed by atoms with E-state index in [4.69, 9.17) is 0 Å². The van der Waals surface area contributed by atoms with Crippen LogP contribution in [0.15, 0.2) is 12.3 Å². The zero-order valence-corrected chi connectivity index (χ0v) is 12.2. The first-order valence-electron chi connectivity index (χ1n) is 7.52. The van der Waals surface area contributed by atoms with Crippen molar-refractivity contribution < 1.29 is 0 Å². The summed E-state index contributed by atoms with van der Waals surface area (Å²) >= 11 is 0. The number of aryl methyl sites for hydroxylation is 1. The molecule has 1 aliphatic heterocycles. The molecule has 1 aromatic rings. The smallest absolute Gasteiger partial charge is 0.125 e. The minimum absolute atomic E-state index is 0.656. The van der Waals surface area contributed by atoms with Crippen molar-refractivity contribution in [2.45, 2.75) is 52.1 Å². The highest BCUT2D eigenvalue weighted by Gasteiger charge is 2.16. The predicted molar refractivity (Wildman–Crippen MR) is 78.0 cm³/mol. The molecule has 0 saturated carbocycles. The molecule has 1 atom stereocenters. The van der Waals surface area contributed by atoms with Gasteiger partial charge in [0.15, 0.2) is 0 Å². The van der Waals surface area contributed by atoms with E-state index < -0.39 is 0 Å². The Bertz CT molecular complexity index is 374. The molecule has 4 heteroatoms. The van der Waals surface area contributed by atoms with Crippen molar-refractivity contribution in [3.63, 3.8) is 0 Å². The molecule has 0 aliphatic carbocycles. The summed E-state index contributed by atoms with van der Waals surface area (Å²) in [6, 6.07) is 2.69. The third-order valence-corrected chi connectivity index (χ3v) is 3.65. The van der Waals surface area contributed by atoms with Gasteiger partial charge in [0.1, 0.15) is 5.82 Å². The molecule has 2 rings (SSSR count). The van der Waals surface area contributed by atoms with Crippen molar-refractivity contribution in [2.75, 3.05) is 19.6 Å². The zero-order valence-electron chi connectivity index (χ0n) is 12.2. The van der Waals surface area contributed by atoms with E-state index >= 15 is 0 Å². The number of hydrogen-bond donors (Lipinski definition) is 1. The van der Waals surface area contributed by atoms with E-state index in [1.54, 1.807) is 0 Å². The molecule has 0 aromatic carbocycles. The highest BCUT2D eigenvalue weighted by atomic mass is 15.2. The fourth-order valence-corrected chi connectivity index (χ4v) is 2.76. The lowest BCUT2D eigenvalue weighted by Crippen LogP contribution is -2.43. The molecule has 0 radical (unpaired) electrons. The van der Waals surface area contributed by atoms with Gasteiger partial charge in [0.25, 0.3) is 0 Å². The van der Waals surface area contributed by atoms with E-state index in [1.165, 1.54) is 32.2 Å². The fraction of sp³-hybridized carbons (Fsp3) is 0.733. The van der Waals surface area contributed by atoms with Crippen LogP contribution >= 0.6 is 0 Å². The van der Waals surface area contributed by atoms with Crippen molar-refractivity contribution in [1.82, 2.24) is 20.2 Å². The highest BCUT2D eigenvalue weighted by Crippen LogP contribution is 2.11. The van der Waals surface area contributed by atoms with Crippen molar-refractivity contribution in [3.8, 4) is 0 Å². The molecule has 2 heterocycles. The first kappa shape index (κ1) is 14.4. The molecule has 4 nitrogen and oxygen atoms in total. The molecule has 1 aromatic heterocycles. The minimum atomic E-state index is 0.656. The van der Waals surface area contributed by atoms with Crippen LogP contribution in [0.25, 0.3) is 0 Å². The van der Waals surface area contributed by atoms with E-state index in [9.17, 15) is 0 Å². The largest absolute Gasteiger partial charge is 0.313 e. The summed E-state index contributed by atoms with van der Waals surface area (Å²) in [5, 5.41) is 3.63. The fourth-order valence-electron chi connectivity index (χ4n) is 2.76. The monoisotopic (exact) mass is 262 g/mol. The molecule has 1 aliphatic rings. The van der Waals surface area contributed by atoms with Crippen LogP contribution in [-0.2, 0) is 6.54 Å². The maximum absolute atomic E-state index is 4.52. The Balaban J connectivity index is 1.91. The predicted octanol–water partition coefficient (Wildman–Crippen LogP) is 2.14. The van der Waals surface area contributed by atoms with Crippen LogP contribution in [0.2, 0.25) is 0 Å². The summed E-state index contributed by atoms with van der Waals surface area (Å²) in [5.41, 5.74) is 1.14. The standard InChI is InChI=1S/C15H26N4/c1-3-10-19(11-14-6-4-5-8-17-14)12-15-7-9-16-13(2)18-15/h7,9,14,17H,3-6,8,10-12H2,1-2H3. The van der Waals surface area contributed by atoms with E-state index in [2.05, 4.69) is 27.1 Å². The van der Waals surface area contributed by atoms with Crippen LogP contribution in [-0.4, -0.2) is 40.5 Å². The Labute approximate surface area is 116 Å². The average Bonchev–Trinajstić information content (AvgIpc) is 2.40. The van der Waals surface area contributed by atoms with Gasteiger partial charge in [-0.2, -0.15) is 0 Å². The zero-order chi connectivity index (χ0) is 13.5. The summed E-state index contributed by atoms with van der Waals surface area (Å²) in [7, 11) is 0. The van der Waals surface area contributed by atoms with E-state index in [-0.39, 0.29) is 0 Å². The van der Waals surface area contributed by atoms with Crippen molar-refractivity contribution in [3.05, 3.63) is 23.8 Å². The van der Waals surface area contributed by atoms with Gasteiger partial charge in [-0.15, -0.1) is 0 Å². The molecule has 1 fully saturated rings. The number of nitrogens with one attached hydrogen (secondary N) is 1. The molecule has 0 bridgehead atoms. The lowest BCUT2D eigenvalue weighted by Gasteiger charge is -2.30. The molecule has 1 N–H and O–H groups in total. The van der Waals surface area contributed by atoms with Crippen LogP contribution in [0, 0.1) is 6.92 Å². The van der Waals surface area contributed by atoms with Gasteiger partial charge in [-0.1, -0.05) is 13.3 Å². The second kappa shape index (κ2) is 7.56. The van der Waals surface area contributed by atoms with Crippen molar-refractivity contribution in [2.24, 2.45) is 0 Å². The minimum Gasteiger partial charge on any atom is -0.313 e. The van der Waals surface area contributed by atoms with Crippen molar-refractivity contribution >= 4 is 0 Å². The average molecular weight is 262 g/mol. The summed E-state index contributed by atoms with van der Waals surface area (Å²) in [6.45, 7) is 8.59. The second-order valence-corrected chi connectivity index (χ2v) is 5.48. The van der Waals surface area contributed by atoms with Gasteiger partial charge in [0.2, 0.25) is 0 Å². The van der Waals surface area contributed by atoms with Gasteiger partial charge in [0, 0.05) is 25.3 Å². The third-order valence-electron chi connectivity index (χ3n) is 3.65. The van der Waals surface area contributed by atoms with Crippen LogP contribution in [0.4, 0.5) is 0 Å². The Kier molecular flexibility index (Phi) is 5.73. The lowest BCUT2D eigenvalue weighted by molar-refractivity contribution is 0.215. The number of aromatic nitrogens is 2. The Morgan fingerprint density at radius 3 is 3.00 bits per heavy atom. The van der Waals surface area contributed by atoms with E-state index in [0.717, 1.165) is 31.2 Å². The highest BCUT2D eigenvalue weighted by molar-refractivity contribution is 5.01. The number of rotatable bonds is 6. The Morgan fingerprint density at radius 2 is 2.32 bits per heavy atom. The molecule has 0 spiro atoms. The SMILES string of the molecule is CCCN(Cc1ccnc(C)n1)CC1CCCCN1.